The molecular formula is C25H24ClNO2S. The van der Waals surface area contributed by atoms with E-state index in [4.69, 9.17) is 26.1 Å². The molecule has 30 heavy (non-hydrogen) atoms. The van der Waals surface area contributed by atoms with E-state index in [0.29, 0.717) is 12.5 Å². The molecule has 0 aliphatic rings. The summed E-state index contributed by atoms with van der Waals surface area (Å²) in [4.78, 5) is 4.78. The topological polar surface area (TPSA) is 31.4 Å². The van der Waals surface area contributed by atoms with Crippen molar-refractivity contribution < 1.29 is 9.47 Å². The fraction of sp³-hybridized carbons (Fsp3) is 0.240. The first-order valence-electron chi connectivity index (χ1n) is 9.92. The van der Waals surface area contributed by atoms with Gasteiger partial charge in [-0.15, -0.1) is 11.3 Å². The van der Waals surface area contributed by atoms with E-state index in [9.17, 15) is 0 Å². The van der Waals surface area contributed by atoms with Gasteiger partial charge in [-0.25, -0.2) is 4.98 Å². The van der Waals surface area contributed by atoms with Crippen LogP contribution in [0.3, 0.4) is 0 Å². The number of para-hydroxylation sites is 1. The average molecular weight is 438 g/mol. The second kappa shape index (κ2) is 8.66. The fourth-order valence-corrected chi connectivity index (χ4v) is 4.56. The van der Waals surface area contributed by atoms with Gasteiger partial charge in [0.05, 0.1) is 17.3 Å². The number of aromatic nitrogens is 1. The van der Waals surface area contributed by atoms with Gasteiger partial charge in [-0.2, -0.15) is 0 Å². The Bertz CT molecular complexity index is 1170. The number of ether oxygens (including phenoxy) is 2. The smallest absolute Gasteiger partial charge is 0.125 e. The first kappa shape index (κ1) is 20.7. The van der Waals surface area contributed by atoms with E-state index in [-0.39, 0.29) is 0 Å². The van der Waals surface area contributed by atoms with Gasteiger partial charge in [0.2, 0.25) is 0 Å². The number of aryl methyl sites for hydroxylation is 1. The number of halogens is 1. The molecule has 0 N–H and O–H groups in total. The van der Waals surface area contributed by atoms with Gasteiger partial charge in [-0.1, -0.05) is 37.6 Å². The minimum atomic E-state index is 0.314. The summed E-state index contributed by atoms with van der Waals surface area (Å²) in [5.41, 5.74) is 5.17. The standard InChI is InChI=1S/C25H24ClNO2S/c1-15(2)19-13-20(26)16(3)11-23(19)29-14-18-12-17(9-10-22(18)28-4)25-27-21-7-5-6-8-24(21)30-25/h5-13,15H,14H2,1-4H3. The van der Waals surface area contributed by atoms with Crippen molar-refractivity contribution in [2.75, 3.05) is 7.11 Å². The van der Waals surface area contributed by atoms with Crippen molar-refractivity contribution in [3.05, 3.63) is 76.3 Å². The summed E-state index contributed by atoms with van der Waals surface area (Å²) in [6, 6.07) is 18.3. The number of fused-ring (bicyclic) bond motifs is 1. The molecule has 3 nitrogen and oxygen atoms in total. The van der Waals surface area contributed by atoms with Gasteiger partial charge in [-0.3, -0.25) is 0 Å². The van der Waals surface area contributed by atoms with Gasteiger partial charge in [0.1, 0.15) is 23.1 Å². The highest BCUT2D eigenvalue weighted by molar-refractivity contribution is 7.21. The van der Waals surface area contributed by atoms with Crippen LogP contribution in [0.4, 0.5) is 0 Å². The second-order valence-electron chi connectivity index (χ2n) is 7.60. The summed E-state index contributed by atoms with van der Waals surface area (Å²) in [5.74, 6) is 1.98. The van der Waals surface area contributed by atoms with Gasteiger partial charge in [0, 0.05) is 16.1 Å². The Morgan fingerprint density at radius 1 is 1.03 bits per heavy atom. The quantitative estimate of drug-likeness (QED) is 0.310. The highest BCUT2D eigenvalue weighted by Gasteiger charge is 2.14. The molecule has 0 saturated carbocycles. The van der Waals surface area contributed by atoms with Crippen LogP contribution >= 0.6 is 22.9 Å². The lowest BCUT2D eigenvalue weighted by atomic mass is 10.0. The Labute approximate surface area is 186 Å². The first-order valence-corrected chi connectivity index (χ1v) is 11.1. The highest BCUT2D eigenvalue weighted by atomic mass is 35.5. The second-order valence-corrected chi connectivity index (χ2v) is 9.03. The lowest BCUT2D eigenvalue weighted by Gasteiger charge is -2.17. The third-order valence-electron chi connectivity index (χ3n) is 5.12. The molecule has 0 unspecified atom stereocenters. The fourth-order valence-electron chi connectivity index (χ4n) is 3.42. The predicted octanol–water partition coefficient (Wildman–Crippen LogP) is 7.64. The minimum Gasteiger partial charge on any atom is -0.496 e. The largest absolute Gasteiger partial charge is 0.496 e. The van der Waals surface area contributed by atoms with Crippen LogP contribution in [0.15, 0.2) is 54.6 Å². The van der Waals surface area contributed by atoms with Crippen LogP contribution in [0.25, 0.3) is 20.8 Å². The van der Waals surface area contributed by atoms with Gasteiger partial charge >= 0.3 is 0 Å². The maximum atomic E-state index is 6.34. The molecule has 0 radical (unpaired) electrons. The molecule has 0 bridgehead atoms. The first-order chi connectivity index (χ1) is 14.5. The molecular weight excluding hydrogens is 414 g/mol. The molecule has 1 heterocycles. The van der Waals surface area contributed by atoms with E-state index in [1.165, 1.54) is 4.70 Å². The van der Waals surface area contributed by atoms with Crippen LogP contribution in [-0.2, 0) is 6.61 Å². The molecule has 0 amide bonds. The maximum Gasteiger partial charge on any atom is 0.125 e. The Morgan fingerprint density at radius 3 is 2.57 bits per heavy atom. The Kier molecular flexibility index (Phi) is 5.98. The number of hydrogen-bond donors (Lipinski definition) is 0. The molecule has 3 aromatic carbocycles. The summed E-state index contributed by atoms with van der Waals surface area (Å²) in [5, 5.41) is 1.76. The Morgan fingerprint density at radius 2 is 1.83 bits per heavy atom. The van der Waals surface area contributed by atoms with Gasteiger partial charge in [0.15, 0.2) is 0 Å². The van der Waals surface area contributed by atoms with E-state index < -0.39 is 0 Å². The van der Waals surface area contributed by atoms with Crippen molar-refractivity contribution in [1.82, 2.24) is 4.98 Å². The van der Waals surface area contributed by atoms with E-state index in [0.717, 1.165) is 49.3 Å². The molecule has 1 aromatic heterocycles. The van der Waals surface area contributed by atoms with Crippen LogP contribution in [0.1, 0.15) is 36.5 Å². The maximum absolute atomic E-state index is 6.34. The molecule has 0 atom stereocenters. The number of thiazole rings is 1. The zero-order valence-corrected chi connectivity index (χ0v) is 19.1. The van der Waals surface area contributed by atoms with E-state index in [2.05, 4.69) is 26.0 Å². The zero-order valence-electron chi connectivity index (χ0n) is 17.5. The van der Waals surface area contributed by atoms with E-state index in [1.807, 2.05) is 49.4 Å². The lowest BCUT2D eigenvalue weighted by molar-refractivity contribution is 0.292. The van der Waals surface area contributed by atoms with Crippen molar-refractivity contribution >= 4 is 33.2 Å². The molecule has 0 saturated heterocycles. The van der Waals surface area contributed by atoms with E-state index >= 15 is 0 Å². The lowest BCUT2D eigenvalue weighted by Crippen LogP contribution is -2.03. The molecule has 154 valence electrons. The summed E-state index contributed by atoms with van der Waals surface area (Å²) in [6.07, 6.45) is 0. The van der Waals surface area contributed by atoms with Crippen molar-refractivity contribution in [1.29, 1.82) is 0 Å². The summed E-state index contributed by atoms with van der Waals surface area (Å²) < 4.78 is 13.0. The molecule has 5 heteroatoms. The van der Waals surface area contributed by atoms with Gasteiger partial charge in [0.25, 0.3) is 0 Å². The van der Waals surface area contributed by atoms with Gasteiger partial charge in [-0.05, 0) is 66.4 Å². The summed E-state index contributed by atoms with van der Waals surface area (Å²) in [7, 11) is 1.68. The number of benzene rings is 3. The van der Waals surface area contributed by atoms with E-state index in [1.54, 1.807) is 18.4 Å². The Hall–Kier alpha value is -2.56. The number of hydrogen-bond acceptors (Lipinski definition) is 4. The predicted molar refractivity (Wildman–Crippen MR) is 126 cm³/mol. The van der Waals surface area contributed by atoms with Crippen molar-refractivity contribution in [3.8, 4) is 22.1 Å². The molecule has 0 aliphatic carbocycles. The summed E-state index contributed by atoms with van der Waals surface area (Å²) in [6.45, 7) is 6.68. The highest BCUT2D eigenvalue weighted by Crippen LogP contribution is 2.35. The molecule has 0 fully saturated rings. The van der Waals surface area contributed by atoms with Crippen LogP contribution < -0.4 is 9.47 Å². The molecule has 4 rings (SSSR count). The number of methoxy groups -OCH3 is 1. The van der Waals surface area contributed by atoms with Crippen molar-refractivity contribution in [2.45, 2.75) is 33.3 Å². The summed E-state index contributed by atoms with van der Waals surface area (Å²) >= 11 is 8.02. The SMILES string of the molecule is COc1ccc(-c2nc3ccccc3s2)cc1COc1cc(C)c(Cl)cc1C(C)C. The Balaban J connectivity index is 1.66. The van der Waals surface area contributed by atoms with Crippen molar-refractivity contribution in [2.24, 2.45) is 0 Å². The minimum absolute atomic E-state index is 0.314. The average Bonchev–Trinajstić information content (AvgIpc) is 3.18. The number of rotatable bonds is 6. The molecule has 4 aromatic rings. The molecule has 0 spiro atoms. The zero-order chi connectivity index (χ0) is 21.3. The van der Waals surface area contributed by atoms with Crippen LogP contribution in [0.2, 0.25) is 5.02 Å². The van der Waals surface area contributed by atoms with Crippen molar-refractivity contribution in [3.63, 3.8) is 0 Å². The third-order valence-corrected chi connectivity index (χ3v) is 6.61. The van der Waals surface area contributed by atoms with Crippen LogP contribution in [0.5, 0.6) is 11.5 Å². The van der Waals surface area contributed by atoms with Crippen LogP contribution in [-0.4, -0.2) is 12.1 Å². The normalized spacial score (nSPS) is 11.3. The van der Waals surface area contributed by atoms with Crippen LogP contribution in [0, 0.1) is 6.92 Å². The monoisotopic (exact) mass is 437 g/mol. The molecule has 0 aliphatic heterocycles. The third kappa shape index (κ3) is 4.16. The number of nitrogens with zero attached hydrogens (tertiary/aromatic N) is 1. The van der Waals surface area contributed by atoms with Gasteiger partial charge < -0.3 is 9.47 Å².